The molecule has 1 N–H and O–H groups in total. The standard InChI is InChI=1S/C15H15ClN2O2/c1-10(2)11-6-8-12(9-7-11)17-14-5-3-4-13(16)15(14)18(19)20/h3-10,17H,1-2H3. The lowest BCUT2D eigenvalue weighted by molar-refractivity contribution is -0.383. The van der Waals surface area contributed by atoms with Crippen molar-refractivity contribution in [2.24, 2.45) is 0 Å². The molecule has 2 aromatic carbocycles. The molecular weight excluding hydrogens is 276 g/mol. The molecule has 0 atom stereocenters. The number of para-hydroxylation sites is 1. The summed E-state index contributed by atoms with van der Waals surface area (Å²) in [5, 5.41) is 14.2. The smallest absolute Gasteiger partial charge is 0.311 e. The minimum Gasteiger partial charge on any atom is -0.350 e. The van der Waals surface area contributed by atoms with E-state index >= 15 is 0 Å². The van der Waals surface area contributed by atoms with Gasteiger partial charge in [-0.05, 0) is 35.7 Å². The van der Waals surface area contributed by atoms with E-state index in [4.69, 9.17) is 11.6 Å². The van der Waals surface area contributed by atoms with Crippen LogP contribution in [0.2, 0.25) is 5.02 Å². The number of benzene rings is 2. The molecule has 5 heteroatoms. The van der Waals surface area contributed by atoms with Crippen molar-refractivity contribution in [1.82, 2.24) is 0 Å². The van der Waals surface area contributed by atoms with Gasteiger partial charge in [0.15, 0.2) is 0 Å². The van der Waals surface area contributed by atoms with Crippen molar-refractivity contribution in [3.05, 3.63) is 63.2 Å². The van der Waals surface area contributed by atoms with Crippen LogP contribution in [-0.4, -0.2) is 4.92 Å². The molecule has 0 fully saturated rings. The average Bonchev–Trinajstić information content (AvgIpc) is 2.39. The number of nitrogens with one attached hydrogen (secondary N) is 1. The lowest BCUT2D eigenvalue weighted by Crippen LogP contribution is -1.98. The molecule has 2 aromatic rings. The van der Waals surface area contributed by atoms with E-state index in [0.717, 1.165) is 5.69 Å². The summed E-state index contributed by atoms with van der Waals surface area (Å²) >= 11 is 5.88. The molecule has 0 aliphatic heterocycles. The molecule has 104 valence electrons. The zero-order valence-corrected chi connectivity index (χ0v) is 12.0. The summed E-state index contributed by atoms with van der Waals surface area (Å²) in [4.78, 5) is 10.6. The highest BCUT2D eigenvalue weighted by Gasteiger charge is 2.18. The number of rotatable bonds is 4. The quantitative estimate of drug-likeness (QED) is 0.628. The van der Waals surface area contributed by atoms with Gasteiger partial charge in [-0.15, -0.1) is 0 Å². The van der Waals surface area contributed by atoms with Gasteiger partial charge in [-0.2, -0.15) is 0 Å². The van der Waals surface area contributed by atoms with Crippen LogP contribution in [0.4, 0.5) is 17.1 Å². The van der Waals surface area contributed by atoms with Crippen molar-refractivity contribution in [3.63, 3.8) is 0 Å². The number of hydrogen-bond acceptors (Lipinski definition) is 3. The second-order valence-electron chi connectivity index (χ2n) is 4.79. The van der Waals surface area contributed by atoms with Crippen LogP contribution >= 0.6 is 11.6 Å². The number of halogens is 1. The summed E-state index contributed by atoms with van der Waals surface area (Å²) < 4.78 is 0. The number of nitro groups is 1. The molecule has 0 aliphatic rings. The number of nitro benzene ring substituents is 1. The summed E-state index contributed by atoms with van der Waals surface area (Å²) in [7, 11) is 0. The summed E-state index contributed by atoms with van der Waals surface area (Å²) in [5.74, 6) is 0.449. The van der Waals surface area contributed by atoms with E-state index < -0.39 is 4.92 Å². The Kier molecular flexibility index (Phi) is 4.25. The molecule has 0 amide bonds. The Balaban J connectivity index is 2.30. The molecular formula is C15H15ClN2O2. The third kappa shape index (κ3) is 3.08. The molecule has 0 aromatic heterocycles. The first-order valence-electron chi connectivity index (χ1n) is 6.29. The monoisotopic (exact) mass is 290 g/mol. The van der Waals surface area contributed by atoms with Crippen LogP contribution in [0.1, 0.15) is 25.3 Å². The van der Waals surface area contributed by atoms with Crippen molar-refractivity contribution in [2.75, 3.05) is 5.32 Å². The van der Waals surface area contributed by atoms with Crippen molar-refractivity contribution < 1.29 is 4.92 Å². The lowest BCUT2D eigenvalue weighted by atomic mass is 10.0. The Bertz CT molecular complexity index is 624. The topological polar surface area (TPSA) is 55.2 Å². The van der Waals surface area contributed by atoms with E-state index in [2.05, 4.69) is 19.2 Å². The van der Waals surface area contributed by atoms with Gasteiger partial charge in [0.05, 0.1) is 4.92 Å². The van der Waals surface area contributed by atoms with Gasteiger partial charge in [-0.1, -0.05) is 43.6 Å². The van der Waals surface area contributed by atoms with E-state index in [9.17, 15) is 10.1 Å². The molecule has 0 aliphatic carbocycles. The van der Waals surface area contributed by atoms with Crippen LogP contribution in [-0.2, 0) is 0 Å². The normalized spacial score (nSPS) is 10.6. The molecule has 0 radical (unpaired) electrons. The first-order chi connectivity index (χ1) is 9.49. The molecule has 2 rings (SSSR count). The van der Waals surface area contributed by atoms with Gasteiger partial charge in [0, 0.05) is 5.69 Å². The van der Waals surface area contributed by atoms with E-state index in [1.54, 1.807) is 12.1 Å². The van der Waals surface area contributed by atoms with Crippen molar-refractivity contribution in [3.8, 4) is 0 Å². The largest absolute Gasteiger partial charge is 0.350 e. The van der Waals surface area contributed by atoms with Crippen molar-refractivity contribution >= 4 is 28.7 Å². The number of hydrogen-bond donors (Lipinski definition) is 1. The Labute approximate surface area is 122 Å². The van der Waals surface area contributed by atoms with Gasteiger partial charge in [-0.3, -0.25) is 10.1 Å². The first-order valence-corrected chi connectivity index (χ1v) is 6.66. The molecule has 0 heterocycles. The van der Waals surface area contributed by atoms with E-state index in [0.29, 0.717) is 11.6 Å². The average molecular weight is 291 g/mol. The first kappa shape index (κ1) is 14.3. The summed E-state index contributed by atoms with van der Waals surface area (Å²) in [6, 6.07) is 12.6. The Hall–Kier alpha value is -2.07. The summed E-state index contributed by atoms with van der Waals surface area (Å²) in [5.41, 5.74) is 2.29. The molecule has 4 nitrogen and oxygen atoms in total. The van der Waals surface area contributed by atoms with E-state index in [1.807, 2.05) is 24.3 Å². The Morgan fingerprint density at radius 1 is 1.15 bits per heavy atom. The van der Waals surface area contributed by atoms with Crippen molar-refractivity contribution in [2.45, 2.75) is 19.8 Å². The summed E-state index contributed by atoms with van der Waals surface area (Å²) in [6.45, 7) is 4.23. The van der Waals surface area contributed by atoms with Gasteiger partial charge in [0.2, 0.25) is 0 Å². The fourth-order valence-corrected chi connectivity index (χ4v) is 2.15. The van der Waals surface area contributed by atoms with Gasteiger partial charge in [0.25, 0.3) is 0 Å². The fourth-order valence-electron chi connectivity index (χ4n) is 1.91. The molecule has 0 bridgehead atoms. The fraction of sp³-hybridized carbons (Fsp3) is 0.200. The molecule has 0 saturated heterocycles. The van der Waals surface area contributed by atoms with Gasteiger partial charge in [0.1, 0.15) is 10.7 Å². The van der Waals surface area contributed by atoms with E-state index in [1.165, 1.54) is 11.6 Å². The highest BCUT2D eigenvalue weighted by atomic mass is 35.5. The maximum Gasteiger partial charge on any atom is 0.311 e. The van der Waals surface area contributed by atoms with Crippen LogP contribution in [0.15, 0.2) is 42.5 Å². The van der Waals surface area contributed by atoms with Crippen LogP contribution < -0.4 is 5.32 Å². The summed E-state index contributed by atoms with van der Waals surface area (Å²) in [6.07, 6.45) is 0. The lowest BCUT2D eigenvalue weighted by Gasteiger charge is -2.10. The Morgan fingerprint density at radius 3 is 2.35 bits per heavy atom. The second kappa shape index (κ2) is 5.92. The molecule has 0 saturated carbocycles. The maximum atomic E-state index is 11.1. The predicted molar refractivity (Wildman–Crippen MR) is 81.9 cm³/mol. The Morgan fingerprint density at radius 2 is 1.80 bits per heavy atom. The highest BCUT2D eigenvalue weighted by molar-refractivity contribution is 6.33. The van der Waals surface area contributed by atoms with Crippen LogP contribution in [0.3, 0.4) is 0 Å². The van der Waals surface area contributed by atoms with E-state index in [-0.39, 0.29) is 10.7 Å². The number of anilines is 2. The minimum absolute atomic E-state index is 0.109. The van der Waals surface area contributed by atoms with Crippen LogP contribution in [0.5, 0.6) is 0 Å². The van der Waals surface area contributed by atoms with Gasteiger partial charge < -0.3 is 5.32 Å². The predicted octanol–water partition coefficient (Wildman–Crippen LogP) is 5.12. The van der Waals surface area contributed by atoms with Crippen LogP contribution in [0.25, 0.3) is 0 Å². The van der Waals surface area contributed by atoms with Crippen molar-refractivity contribution in [1.29, 1.82) is 0 Å². The van der Waals surface area contributed by atoms with Crippen LogP contribution in [0, 0.1) is 10.1 Å². The number of nitrogens with zero attached hydrogens (tertiary/aromatic N) is 1. The molecule has 20 heavy (non-hydrogen) atoms. The third-order valence-corrected chi connectivity index (χ3v) is 3.33. The SMILES string of the molecule is CC(C)c1ccc(Nc2cccc(Cl)c2[N+](=O)[O-])cc1. The zero-order valence-electron chi connectivity index (χ0n) is 11.3. The highest BCUT2D eigenvalue weighted by Crippen LogP contribution is 2.34. The van der Waals surface area contributed by atoms with Gasteiger partial charge in [-0.25, -0.2) is 0 Å². The minimum atomic E-state index is -0.479. The van der Waals surface area contributed by atoms with Gasteiger partial charge >= 0.3 is 5.69 Å². The molecule has 0 spiro atoms. The maximum absolute atomic E-state index is 11.1. The third-order valence-electron chi connectivity index (χ3n) is 3.03. The molecule has 0 unspecified atom stereocenters. The second-order valence-corrected chi connectivity index (χ2v) is 5.20. The zero-order chi connectivity index (χ0) is 14.7.